The first-order valence-electron chi connectivity index (χ1n) is 42.6. The lowest BCUT2D eigenvalue weighted by atomic mass is 9.72. The molecule has 39 heteroatoms. The van der Waals surface area contributed by atoms with Crippen LogP contribution in [0.3, 0.4) is 0 Å². The number of carbonyl (C=O) groups is 10. The van der Waals surface area contributed by atoms with E-state index < -0.39 is 163 Å². The lowest BCUT2D eigenvalue weighted by Gasteiger charge is -2.47. The van der Waals surface area contributed by atoms with E-state index in [0.29, 0.717) is 45.4 Å². The summed E-state index contributed by atoms with van der Waals surface area (Å²) in [6, 6.07) is 2.77. The molecular formula is C89H120IN7O28S3. The van der Waals surface area contributed by atoms with Gasteiger partial charge in [0.05, 0.1) is 90.3 Å². The van der Waals surface area contributed by atoms with Gasteiger partial charge < -0.3 is 109 Å². The first-order chi connectivity index (χ1) is 60.7. The summed E-state index contributed by atoms with van der Waals surface area (Å²) >= 11 is 2.77. The number of urea groups is 1. The molecule has 4 fully saturated rings. The number of ketones is 3. The zero-order valence-corrected chi connectivity index (χ0v) is 79.1. The van der Waals surface area contributed by atoms with Gasteiger partial charge in [-0.25, -0.2) is 9.59 Å². The number of unbranched alkanes of at least 4 members (excludes halogenated alkanes) is 2. The highest BCUT2D eigenvalue weighted by Gasteiger charge is 2.53. The quantitative estimate of drug-likeness (QED) is 0.00798. The molecule has 35 nitrogen and oxygen atoms in total. The highest BCUT2D eigenvalue weighted by molar-refractivity contribution is 14.1. The van der Waals surface area contributed by atoms with Crippen molar-refractivity contribution in [2.45, 2.75) is 279 Å². The third-order valence-corrected chi connectivity index (χ3v) is 28.4. The number of allylic oxidation sites excluding steroid dienone is 3. The minimum Gasteiger partial charge on any atom is -0.492 e. The summed E-state index contributed by atoms with van der Waals surface area (Å²) in [5, 5.41) is 66.1. The molecule has 5 aliphatic heterocycles. The molecule has 0 spiro atoms. The van der Waals surface area contributed by atoms with Crippen molar-refractivity contribution in [3.8, 4) is 40.9 Å². The van der Waals surface area contributed by atoms with Gasteiger partial charge in [-0.15, -0.1) is 0 Å². The van der Waals surface area contributed by atoms with Gasteiger partial charge in [-0.3, -0.25) is 48.1 Å². The number of aliphatic hydroxyl groups is 5. The van der Waals surface area contributed by atoms with E-state index in [4.69, 9.17) is 67.4 Å². The Bertz CT molecular complexity index is 4530. The van der Waals surface area contributed by atoms with Crippen molar-refractivity contribution < 1.29 is 135 Å². The van der Waals surface area contributed by atoms with Crippen LogP contribution in [0.2, 0.25) is 0 Å². The summed E-state index contributed by atoms with van der Waals surface area (Å²) in [7, 11) is 8.54. The number of halogens is 1. The van der Waals surface area contributed by atoms with Crippen molar-refractivity contribution in [1.82, 2.24) is 25.9 Å². The van der Waals surface area contributed by atoms with Crippen LogP contribution in [0.25, 0.3) is 0 Å². The van der Waals surface area contributed by atoms with Crippen LogP contribution in [0.15, 0.2) is 71.4 Å². The molecule has 0 saturated carbocycles. The maximum Gasteiger partial charge on any atom is 0.410 e. The second kappa shape index (κ2) is 48.2. The Morgan fingerprint density at radius 1 is 0.828 bits per heavy atom. The maximum absolute atomic E-state index is 14.7. The second-order valence-corrected chi connectivity index (χ2v) is 38.8. The zero-order valence-electron chi connectivity index (χ0n) is 74.5. The van der Waals surface area contributed by atoms with Crippen LogP contribution in [0.5, 0.6) is 17.2 Å². The number of Topliss-reactive ketones (excluding diaryl/α,β-unsaturated/α-hetero) is 3. The van der Waals surface area contributed by atoms with Gasteiger partial charge in [0.2, 0.25) is 29.0 Å². The number of likely N-dealkylation sites (N-methyl/N-ethyl adjacent to an activating group) is 1. The van der Waals surface area contributed by atoms with Crippen LogP contribution in [0.1, 0.15) is 161 Å². The van der Waals surface area contributed by atoms with Crippen molar-refractivity contribution in [2.75, 3.05) is 65.7 Å². The molecular weight excluding hydrogens is 1840 g/mol. The molecule has 2 aromatic rings. The van der Waals surface area contributed by atoms with Crippen LogP contribution >= 0.6 is 55.9 Å². The topological polar surface area (TPSA) is 472 Å². The van der Waals surface area contributed by atoms with Gasteiger partial charge in [0.25, 0.3) is 11.8 Å². The number of primary amides is 1. The summed E-state index contributed by atoms with van der Waals surface area (Å²) in [4.78, 5) is 142. The average Bonchev–Trinajstić information content (AvgIpc) is 0.926. The SMILES string of the molecule is CCN(C(=O)OCc1ccc(NC(=O)[C@H](CCCNC(N)=O)CC(=O)[C@@H](NC(=O)CCCCCN2C(=O)C=CC2=O)C(C)C)cc1)[C@H]1CO[C@@H](O[C@H]2[C@H](O[C@H]3C#C/C=C\C#C[C@]4(O)CC(=O)C(CC(C)=O)=C3/C4=C\CSSC(C)(C)C)O[C@H](C)[C@@H](NO[C@H]3C[C@H](O)[C@H](SC(=O)c4c(C)c(I)c(O[C@@H]5O[C@@H](C)[C@H](O)[C@@H](OC)[C@H]5O)c(OC)c4OC)[C@@H](C)O3)[C@@H]2O)C[C@@H]1OC. The monoisotopic (exact) mass is 1960 g/mol. The number of methoxy groups -OCH3 is 4. The van der Waals surface area contributed by atoms with Crippen LogP contribution in [-0.4, -0.2) is 280 Å². The van der Waals surface area contributed by atoms with E-state index in [9.17, 15) is 73.5 Å². The van der Waals surface area contributed by atoms with Gasteiger partial charge in [-0.1, -0.05) is 116 Å². The van der Waals surface area contributed by atoms with Gasteiger partial charge in [-0.05, 0) is 131 Å². The number of ether oxygens (including phenoxy) is 12. The Labute approximate surface area is 771 Å². The largest absolute Gasteiger partial charge is 0.492 e. The van der Waals surface area contributed by atoms with Crippen molar-refractivity contribution in [2.24, 2.45) is 17.6 Å². The number of nitrogens with one attached hydrogen (secondary N) is 4. The Balaban J connectivity index is 0.894. The molecule has 21 atom stereocenters. The molecule has 2 aliphatic carbocycles. The number of hydrogen-bond donors (Lipinski definition) is 10. The predicted molar refractivity (Wildman–Crippen MR) is 481 cm³/mol. The van der Waals surface area contributed by atoms with Crippen molar-refractivity contribution in [3.05, 3.63) is 91.6 Å². The van der Waals surface area contributed by atoms with Crippen molar-refractivity contribution in [1.29, 1.82) is 0 Å². The molecule has 7 aliphatic rings. The fraction of sp³-hybridized carbons (Fsp3) is 0.618. The summed E-state index contributed by atoms with van der Waals surface area (Å²) in [6.07, 6.45) is -11.8. The number of anilines is 1. The standard InChI is InChI=1S/C89H120IN7O28S3/c1-16-96(87(111)118-44-52-28-30-54(31-29-52)93-82(108)53(25-24-36-92-86(91)110)40-58(99)71(46(2)3)94-63(102)27-21-19-23-37-97-64(103)32-33-65(97)104)57-45-117-66(42-62(57)113-12)123-79-74(106)72(49(6)120-85(79)122-61-26-20-17-18-22-35-89(112)43-60(101)55(39-47(4)98)69(61)56(89)34-38-126-128-88(9,10)11)95-125-67-41-59(100)81(51(8)119-67)127-83(109)68-48(5)70(90)77(80(116-15)76(68)114-13)124-84-75(107)78(115-14)73(105)50(7)121-84/h17-18,28-34,46,49-51,53,57,59,61-62,66-67,71-75,78-79,81,84-85,95,100,105-107,112H,16,19,21,23-25,27,36-45H2,1-15H3,(H,93,108)(H,94,102)(H3,91,92,110)/b18-17-,56-34+/t49-,50+,51-,53-,57+,59+,61+,62+,66+,67+,71+,72-,73+,74+,75-,78-,79-,81-,84+,85+,89+/m1/s1. The molecule has 11 N–H and O–H groups in total. The average molecular weight is 1960 g/mol. The number of aliphatic hydroxyl groups excluding tert-OH is 4. The van der Waals surface area contributed by atoms with E-state index in [0.717, 1.165) is 16.7 Å². The van der Waals surface area contributed by atoms with E-state index in [1.807, 2.05) is 43.4 Å². The first-order valence-corrected chi connectivity index (χ1v) is 46.8. The van der Waals surface area contributed by atoms with E-state index in [1.54, 1.807) is 89.6 Å². The molecule has 0 radical (unpaired) electrons. The molecule has 5 heterocycles. The molecule has 2 bridgehead atoms. The summed E-state index contributed by atoms with van der Waals surface area (Å²) < 4.78 is 74.7. The smallest absolute Gasteiger partial charge is 0.410 e. The van der Waals surface area contributed by atoms with Gasteiger partial charge in [0.1, 0.15) is 49.0 Å². The summed E-state index contributed by atoms with van der Waals surface area (Å²) in [5.74, 6) is 7.84. The van der Waals surface area contributed by atoms with Crippen molar-refractivity contribution in [3.63, 3.8) is 0 Å². The van der Waals surface area contributed by atoms with Crippen LogP contribution in [0.4, 0.5) is 15.3 Å². The zero-order chi connectivity index (χ0) is 93.8. The van der Waals surface area contributed by atoms with Gasteiger partial charge in [0.15, 0.2) is 47.5 Å². The van der Waals surface area contributed by atoms with Gasteiger partial charge in [0, 0.05) is 117 Å². The van der Waals surface area contributed by atoms with Crippen LogP contribution in [-0.2, 0) is 87.6 Å². The van der Waals surface area contributed by atoms with E-state index in [2.05, 4.69) is 45.1 Å². The Hall–Kier alpha value is -7.60. The Kier molecular flexibility index (Phi) is 39.2. The molecule has 0 aromatic heterocycles. The second-order valence-electron chi connectivity index (χ2n) is 33.4. The molecule has 9 rings (SSSR count). The number of amides is 7. The lowest BCUT2D eigenvalue weighted by molar-refractivity contribution is -0.337. The summed E-state index contributed by atoms with van der Waals surface area (Å²) in [5.41, 5.74) is 7.76. The molecule has 704 valence electrons. The lowest BCUT2D eigenvalue weighted by Crippen LogP contribution is -2.65. The van der Waals surface area contributed by atoms with Gasteiger partial charge in [-0.2, -0.15) is 5.48 Å². The number of hydrogen-bond acceptors (Lipinski definition) is 32. The highest BCUT2D eigenvalue weighted by atomic mass is 127. The third kappa shape index (κ3) is 27.3. The number of carbonyl (C=O) groups excluding carboxylic acids is 10. The minimum atomic E-state index is -2.09. The Morgan fingerprint density at radius 3 is 2.16 bits per heavy atom. The number of nitrogens with two attached hydrogens (primary N) is 1. The summed E-state index contributed by atoms with van der Waals surface area (Å²) in [6.45, 7) is 19.3. The van der Waals surface area contributed by atoms with Crippen molar-refractivity contribution >= 4 is 120 Å². The van der Waals surface area contributed by atoms with E-state index in [1.165, 1.54) is 75.4 Å². The fourth-order valence-electron chi connectivity index (χ4n) is 15.8. The number of thioether (sulfide) groups is 1. The molecule has 0 unspecified atom stereocenters. The normalized spacial score (nSPS) is 28.7. The maximum atomic E-state index is 14.7. The number of imide groups is 1. The highest BCUT2D eigenvalue weighted by Crippen LogP contribution is 2.50. The van der Waals surface area contributed by atoms with E-state index in [-0.39, 0.29) is 157 Å². The first kappa shape index (κ1) is 104. The van der Waals surface area contributed by atoms with E-state index >= 15 is 0 Å². The number of nitrogens with zero attached hydrogens (tertiary/aromatic N) is 2. The third-order valence-electron chi connectivity index (χ3n) is 22.5. The fourth-order valence-corrected chi connectivity index (χ4v) is 19.7. The number of fused-ring (bicyclic) bond motifs is 2. The predicted octanol–water partition coefficient (Wildman–Crippen LogP) is 7.02. The Morgan fingerprint density at radius 2 is 1.52 bits per heavy atom. The van der Waals surface area contributed by atoms with Gasteiger partial charge >= 0.3 is 12.1 Å². The molecule has 7 amide bonds. The van der Waals surface area contributed by atoms with Crippen LogP contribution < -0.4 is 41.4 Å². The number of benzene rings is 2. The molecule has 4 saturated heterocycles. The van der Waals surface area contributed by atoms with Crippen LogP contribution in [0, 0.1) is 46.0 Å². The molecule has 128 heavy (non-hydrogen) atoms. The molecule has 2 aromatic carbocycles. The number of hydroxylamine groups is 1. The number of rotatable bonds is 41. The minimum absolute atomic E-state index is 0.00252.